The van der Waals surface area contributed by atoms with Gasteiger partial charge in [0.2, 0.25) is 11.9 Å². The Bertz CT molecular complexity index is 965. The van der Waals surface area contributed by atoms with Gasteiger partial charge < -0.3 is 20.9 Å². The summed E-state index contributed by atoms with van der Waals surface area (Å²) in [5, 5.41) is 17.6. The number of anilines is 3. The summed E-state index contributed by atoms with van der Waals surface area (Å²) in [6, 6.07) is 2.05. The molecule has 1 aliphatic carbocycles. The van der Waals surface area contributed by atoms with Crippen LogP contribution in [-0.2, 0) is 17.6 Å². The zero-order valence-corrected chi connectivity index (χ0v) is 19.1. The molecule has 3 aliphatic rings. The predicted molar refractivity (Wildman–Crippen MR) is 124 cm³/mol. The van der Waals surface area contributed by atoms with E-state index in [0.29, 0.717) is 11.9 Å². The molecule has 172 valence electrons. The lowest BCUT2D eigenvalue weighted by Crippen LogP contribution is -2.51. The van der Waals surface area contributed by atoms with Gasteiger partial charge in [-0.1, -0.05) is 13.8 Å². The van der Waals surface area contributed by atoms with Crippen molar-refractivity contribution in [3.8, 4) is 0 Å². The first kappa shape index (κ1) is 21.2. The van der Waals surface area contributed by atoms with Gasteiger partial charge >= 0.3 is 0 Å². The van der Waals surface area contributed by atoms with E-state index in [2.05, 4.69) is 44.9 Å². The van der Waals surface area contributed by atoms with Crippen molar-refractivity contribution in [2.45, 2.75) is 76.8 Å². The summed E-state index contributed by atoms with van der Waals surface area (Å²) in [4.78, 5) is 25.0. The van der Waals surface area contributed by atoms with Gasteiger partial charge in [-0.3, -0.25) is 9.89 Å². The van der Waals surface area contributed by atoms with E-state index in [1.54, 1.807) is 0 Å². The number of piperidine rings is 1. The van der Waals surface area contributed by atoms with E-state index in [-0.39, 0.29) is 18.0 Å². The average molecular weight is 439 g/mol. The van der Waals surface area contributed by atoms with Crippen LogP contribution in [-0.4, -0.2) is 57.8 Å². The maximum atomic E-state index is 13.1. The van der Waals surface area contributed by atoms with Crippen molar-refractivity contribution in [3.05, 3.63) is 23.0 Å². The lowest BCUT2D eigenvalue weighted by molar-refractivity contribution is -0.123. The van der Waals surface area contributed by atoms with Gasteiger partial charge in [-0.15, -0.1) is 0 Å². The maximum absolute atomic E-state index is 13.1. The number of aromatic amines is 1. The summed E-state index contributed by atoms with van der Waals surface area (Å²) in [5.74, 6) is 2.74. The highest BCUT2D eigenvalue weighted by Crippen LogP contribution is 2.32. The SMILES string of the molecule is CC(C)c1cc(Nc2nc(N3CCC[C@@H]3C(=O)N[C@H]3CCCNC3)nc3c2CCC3)n[nH]1. The molecule has 2 aromatic heterocycles. The Hall–Kier alpha value is -2.68. The first-order valence-corrected chi connectivity index (χ1v) is 12.1. The molecule has 0 aromatic carbocycles. The molecule has 1 amide bonds. The third-order valence-corrected chi connectivity index (χ3v) is 6.84. The Balaban J connectivity index is 1.37. The minimum Gasteiger partial charge on any atom is -0.350 e. The first-order chi connectivity index (χ1) is 15.6. The van der Waals surface area contributed by atoms with Crippen molar-refractivity contribution in [1.29, 1.82) is 0 Å². The van der Waals surface area contributed by atoms with Crippen LogP contribution in [0.1, 0.15) is 68.8 Å². The lowest BCUT2D eigenvalue weighted by atomic mass is 10.1. The van der Waals surface area contributed by atoms with Crippen LogP contribution in [0.5, 0.6) is 0 Å². The number of nitrogens with zero attached hydrogens (tertiary/aromatic N) is 4. The van der Waals surface area contributed by atoms with E-state index < -0.39 is 0 Å². The molecule has 0 saturated carbocycles. The van der Waals surface area contributed by atoms with Crippen LogP contribution in [0.2, 0.25) is 0 Å². The largest absolute Gasteiger partial charge is 0.350 e. The van der Waals surface area contributed by atoms with E-state index in [4.69, 9.17) is 9.97 Å². The fourth-order valence-electron chi connectivity index (χ4n) is 5.02. The molecule has 4 heterocycles. The zero-order valence-electron chi connectivity index (χ0n) is 19.1. The van der Waals surface area contributed by atoms with Gasteiger partial charge in [-0.05, 0) is 57.4 Å². The Morgan fingerprint density at radius 1 is 1.19 bits per heavy atom. The zero-order chi connectivity index (χ0) is 22.1. The minimum atomic E-state index is -0.206. The topological polar surface area (TPSA) is 111 Å². The predicted octanol–water partition coefficient (Wildman–Crippen LogP) is 2.39. The molecule has 0 bridgehead atoms. The number of rotatable bonds is 6. The molecule has 32 heavy (non-hydrogen) atoms. The van der Waals surface area contributed by atoms with Crippen LogP contribution in [0.3, 0.4) is 0 Å². The summed E-state index contributed by atoms with van der Waals surface area (Å²) in [7, 11) is 0. The van der Waals surface area contributed by atoms with Crippen molar-refractivity contribution in [2.75, 3.05) is 29.9 Å². The van der Waals surface area contributed by atoms with Gasteiger partial charge in [0.25, 0.3) is 0 Å². The highest BCUT2D eigenvalue weighted by molar-refractivity contribution is 5.85. The number of amides is 1. The molecule has 2 aliphatic heterocycles. The lowest BCUT2D eigenvalue weighted by Gasteiger charge is -2.29. The van der Waals surface area contributed by atoms with E-state index in [0.717, 1.165) is 87.6 Å². The van der Waals surface area contributed by atoms with Gasteiger partial charge in [-0.2, -0.15) is 10.1 Å². The minimum absolute atomic E-state index is 0.101. The Morgan fingerprint density at radius 2 is 2.09 bits per heavy atom. The molecule has 0 spiro atoms. The monoisotopic (exact) mass is 438 g/mol. The van der Waals surface area contributed by atoms with Crippen molar-refractivity contribution in [2.24, 2.45) is 0 Å². The molecule has 2 aromatic rings. The van der Waals surface area contributed by atoms with E-state index in [9.17, 15) is 4.79 Å². The number of nitrogens with one attached hydrogen (secondary N) is 4. The summed E-state index contributed by atoms with van der Waals surface area (Å²) in [6.07, 6.45) is 6.96. The average Bonchev–Trinajstić information content (AvgIpc) is 3.54. The second kappa shape index (κ2) is 9.05. The molecule has 4 N–H and O–H groups in total. The molecule has 0 unspecified atom stereocenters. The fraction of sp³-hybridized carbons (Fsp3) is 0.652. The van der Waals surface area contributed by atoms with Crippen molar-refractivity contribution >= 4 is 23.5 Å². The maximum Gasteiger partial charge on any atom is 0.243 e. The van der Waals surface area contributed by atoms with Crippen LogP contribution in [0, 0.1) is 0 Å². The molecule has 9 nitrogen and oxygen atoms in total. The quantitative estimate of drug-likeness (QED) is 0.548. The van der Waals surface area contributed by atoms with Gasteiger partial charge in [0, 0.05) is 36.5 Å². The number of fused-ring (bicyclic) bond motifs is 1. The second-order valence-corrected chi connectivity index (χ2v) is 9.54. The van der Waals surface area contributed by atoms with Gasteiger partial charge in [0.1, 0.15) is 11.9 Å². The Kier molecular flexibility index (Phi) is 5.99. The molecule has 2 fully saturated rings. The van der Waals surface area contributed by atoms with Crippen LogP contribution in [0.25, 0.3) is 0 Å². The number of aryl methyl sites for hydroxylation is 1. The summed E-state index contributed by atoms with van der Waals surface area (Å²) >= 11 is 0. The summed E-state index contributed by atoms with van der Waals surface area (Å²) in [5.41, 5.74) is 3.36. The van der Waals surface area contributed by atoms with Crippen molar-refractivity contribution < 1.29 is 4.79 Å². The van der Waals surface area contributed by atoms with Crippen LogP contribution >= 0.6 is 0 Å². The molecule has 2 saturated heterocycles. The standard InChI is InChI=1S/C23H34N8O/c1-14(2)18-12-20(30-29-18)27-21-16-7-3-8-17(16)26-23(28-21)31-11-5-9-19(31)22(32)25-15-6-4-10-24-13-15/h12,14-15,19,24H,3-11,13H2,1-2H3,(H,25,32)(H2,26,27,28,29,30)/t15-,19+/m0/s1. The number of carbonyl (C=O) groups is 1. The molecule has 0 radical (unpaired) electrons. The van der Waals surface area contributed by atoms with Crippen LogP contribution < -0.4 is 20.9 Å². The van der Waals surface area contributed by atoms with E-state index >= 15 is 0 Å². The smallest absolute Gasteiger partial charge is 0.243 e. The second-order valence-electron chi connectivity index (χ2n) is 9.54. The van der Waals surface area contributed by atoms with E-state index in [1.807, 2.05) is 6.07 Å². The van der Waals surface area contributed by atoms with Gasteiger partial charge in [0.05, 0.1) is 5.69 Å². The molecule has 5 rings (SSSR count). The molecule has 2 atom stereocenters. The first-order valence-electron chi connectivity index (χ1n) is 12.1. The number of H-pyrrole nitrogens is 1. The summed E-state index contributed by atoms with van der Waals surface area (Å²) in [6.45, 7) is 6.97. The van der Waals surface area contributed by atoms with Crippen molar-refractivity contribution in [1.82, 2.24) is 30.8 Å². The highest BCUT2D eigenvalue weighted by atomic mass is 16.2. The van der Waals surface area contributed by atoms with Crippen LogP contribution in [0.4, 0.5) is 17.6 Å². The third-order valence-electron chi connectivity index (χ3n) is 6.84. The molecule has 9 heteroatoms. The van der Waals surface area contributed by atoms with Crippen LogP contribution in [0.15, 0.2) is 6.07 Å². The number of aromatic nitrogens is 4. The third kappa shape index (κ3) is 4.30. The van der Waals surface area contributed by atoms with Gasteiger partial charge in [-0.25, -0.2) is 4.98 Å². The molecular weight excluding hydrogens is 404 g/mol. The fourth-order valence-corrected chi connectivity index (χ4v) is 5.02. The number of carbonyl (C=O) groups excluding carboxylic acids is 1. The Morgan fingerprint density at radius 3 is 2.88 bits per heavy atom. The van der Waals surface area contributed by atoms with E-state index in [1.165, 1.54) is 5.56 Å². The highest BCUT2D eigenvalue weighted by Gasteiger charge is 2.35. The number of hydrogen-bond donors (Lipinski definition) is 4. The Labute approximate surface area is 189 Å². The van der Waals surface area contributed by atoms with Crippen molar-refractivity contribution in [3.63, 3.8) is 0 Å². The van der Waals surface area contributed by atoms with Gasteiger partial charge in [0.15, 0.2) is 5.82 Å². The number of hydrogen-bond acceptors (Lipinski definition) is 7. The normalized spacial score (nSPS) is 22.9. The molecular formula is C23H34N8O. The summed E-state index contributed by atoms with van der Waals surface area (Å²) < 4.78 is 0.